The van der Waals surface area contributed by atoms with Crippen molar-refractivity contribution in [3.05, 3.63) is 24.0 Å². The van der Waals surface area contributed by atoms with Crippen LogP contribution in [0.2, 0.25) is 0 Å². The highest BCUT2D eigenvalue weighted by molar-refractivity contribution is 5.93. The molecule has 0 unspecified atom stereocenters. The average molecular weight is 275 g/mol. The van der Waals surface area contributed by atoms with Gasteiger partial charge in [0, 0.05) is 38.1 Å². The third-order valence-corrected chi connectivity index (χ3v) is 3.98. The van der Waals surface area contributed by atoms with Gasteiger partial charge in [-0.05, 0) is 38.8 Å². The molecule has 1 aromatic rings. The van der Waals surface area contributed by atoms with Crippen LogP contribution in [-0.4, -0.2) is 42.0 Å². The SMILES string of the molecule is CCN(CC)C(=O)c1cc(N2CCCCCC2)ccn1. The molecule has 4 nitrogen and oxygen atoms in total. The van der Waals surface area contributed by atoms with Crippen LogP contribution in [0.3, 0.4) is 0 Å². The summed E-state index contributed by atoms with van der Waals surface area (Å²) in [6, 6.07) is 3.97. The molecule has 0 aromatic carbocycles. The second-order valence-corrected chi connectivity index (χ2v) is 5.28. The maximum absolute atomic E-state index is 12.4. The minimum Gasteiger partial charge on any atom is -0.371 e. The van der Waals surface area contributed by atoms with E-state index in [9.17, 15) is 4.79 Å². The highest BCUT2D eigenvalue weighted by Crippen LogP contribution is 2.20. The Morgan fingerprint density at radius 1 is 1.20 bits per heavy atom. The molecule has 0 atom stereocenters. The Kier molecular flexibility index (Phi) is 5.39. The van der Waals surface area contributed by atoms with Crippen molar-refractivity contribution in [2.45, 2.75) is 39.5 Å². The monoisotopic (exact) mass is 275 g/mol. The lowest BCUT2D eigenvalue weighted by Gasteiger charge is -2.24. The van der Waals surface area contributed by atoms with Crippen molar-refractivity contribution in [2.75, 3.05) is 31.1 Å². The number of nitrogens with zero attached hydrogens (tertiary/aromatic N) is 3. The second-order valence-electron chi connectivity index (χ2n) is 5.28. The molecule has 0 spiro atoms. The Morgan fingerprint density at radius 3 is 2.45 bits per heavy atom. The van der Waals surface area contributed by atoms with Crippen LogP contribution in [0, 0.1) is 0 Å². The third kappa shape index (κ3) is 3.50. The predicted octanol–water partition coefficient (Wildman–Crippen LogP) is 2.94. The standard InChI is InChI=1S/C16H25N3O/c1-3-18(4-2)16(20)15-13-14(9-10-17-15)19-11-7-5-6-8-12-19/h9-10,13H,3-8,11-12H2,1-2H3. The van der Waals surface area contributed by atoms with E-state index < -0.39 is 0 Å². The molecule has 1 aliphatic heterocycles. The minimum absolute atomic E-state index is 0.0340. The number of rotatable bonds is 4. The molecule has 0 radical (unpaired) electrons. The Morgan fingerprint density at radius 2 is 1.85 bits per heavy atom. The summed E-state index contributed by atoms with van der Waals surface area (Å²) in [4.78, 5) is 20.8. The summed E-state index contributed by atoms with van der Waals surface area (Å²) in [5, 5.41) is 0. The molecule has 0 N–H and O–H groups in total. The lowest BCUT2D eigenvalue weighted by atomic mass is 10.2. The molecular formula is C16H25N3O. The molecule has 1 saturated heterocycles. The Balaban J connectivity index is 2.16. The van der Waals surface area contributed by atoms with E-state index in [0.717, 1.165) is 31.9 Å². The van der Waals surface area contributed by atoms with Crippen molar-refractivity contribution in [3.63, 3.8) is 0 Å². The number of amides is 1. The molecule has 2 rings (SSSR count). The highest BCUT2D eigenvalue weighted by Gasteiger charge is 2.16. The maximum atomic E-state index is 12.4. The lowest BCUT2D eigenvalue weighted by Crippen LogP contribution is -2.31. The van der Waals surface area contributed by atoms with E-state index in [1.54, 1.807) is 6.20 Å². The van der Waals surface area contributed by atoms with Gasteiger partial charge in [-0.2, -0.15) is 0 Å². The molecule has 110 valence electrons. The van der Waals surface area contributed by atoms with Gasteiger partial charge < -0.3 is 9.80 Å². The highest BCUT2D eigenvalue weighted by atomic mass is 16.2. The van der Waals surface area contributed by atoms with E-state index in [1.807, 2.05) is 30.9 Å². The van der Waals surface area contributed by atoms with Crippen LogP contribution in [0.4, 0.5) is 5.69 Å². The van der Waals surface area contributed by atoms with Gasteiger partial charge in [-0.1, -0.05) is 12.8 Å². The number of carbonyl (C=O) groups excluding carboxylic acids is 1. The van der Waals surface area contributed by atoms with Gasteiger partial charge >= 0.3 is 0 Å². The molecule has 1 fully saturated rings. The van der Waals surface area contributed by atoms with E-state index in [4.69, 9.17) is 0 Å². The zero-order valence-corrected chi connectivity index (χ0v) is 12.6. The van der Waals surface area contributed by atoms with E-state index in [1.165, 1.54) is 25.7 Å². The zero-order valence-electron chi connectivity index (χ0n) is 12.6. The molecule has 4 heteroatoms. The van der Waals surface area contributed by atoms with Gasteiger partial charge in [-0.15, -0.1) is 0 Å². The Labute approximate surface area is 121 Å². The van der Waals surface area contributed by atoms with Crippen LogP contribution in [0.5, 0.6) is 0 Å². The number of aromatic nitrogens is 1. The van der Waals surface area contributed by atoms with Gasteiger partial charge in [-0.3, -0.25) is 9.78 Å². The summed E-state index contributed by atoms with van der Waals surface area (Å²) < 4.78 is 0. The summed E-state index contributed by atoms with van der Waals surface area (Å²) in [6.45, 7) is 7.63. The fraction of sp³-hybridized carbons (Fsp3) is 0.625. The van der Waals surface area contributed by atoms with Gasteiger partial charge in [0.25, 0.3) is 5.91 Å². The number of anilines is 1. The van der Waals surface area contributed by atoms with Gasteiger partial charge in [-0.25, -0.2) is 0 Å². The number of pyridine rings is 1. The quantitative estimate of drug-likeness (QED) is 0.847. The fourth-order valence-electron chi connectivity index (χ4n) is 2.73. The summed E-state index contributed by atoms with van der Waals surface area (Å²) in [5.41, 5.74) is 1.70. The zero-order chi connectivity index (χ0) is 14.4. The van der Waals surface area contributed by atoms with Crippen LogP contribution in [0.25, 0.3) is 0 Å². The van der Waals surface area contributed by atoms with Crippen molar-refractivity contribution in [3.8, 4) is 0 Å². The van der Waals surface area contributed by atoms with Crippen LogP contribution >= 0.6 is 0 Å². The third-order valence-electron chi connectivity index (χ3n) is 3.98. The van der Waals surface area contributed by atoms with E-state index >= 15 is 0 Å². The maximum Gasteiger partial charge on any atom is 0.272 e. The molecule has 20 heavy (non-hydrogen) atoms. The molecule has 0 bridgehead atoms. The molecule has 1 aliphatic rings. The fourth-order valence-corrected chi connectivity index (χ4v) is 2.73. The van der Waals surface area contributed by atoms with Crippen molar-refractivity contribution in [1.82, 2.24) is 9.88 Å². The van der Waals surface area contributed by atoms with Gasteiger partial charge in [0.15, 0.2) is 0 Å². The first-order valence-corrected chi connectivity index (χ1v) is 7.76. The van der Waals surface area contributed by atoms with Gasteiger partial charge in [0.05, 0.1) is 0 Å². The van der Waals surface area contributed by atoms with Gasteiger partial charge in [0.2, 0.25) is 0 Å². The van der Waals surface area contributed by atoms with E-state index in [2.05, 4.69) is 9.88 Å². The first-order chi connectivity index (χ1) is 9.76. The smallest absolute Gasteiger partial charge is 0.272 e. The average Bonchev–Trinajstić information content (AvgIpc) is 2.77. The number of hydrogen-bond acceptors (Lipinski definition) is 3. The second kappa shape index (κ2) is 7.27. The van der Waals surface area contributed by atoms with Gasteiger partial charge in [0.1, 0.15) is 5.69 Å². The molecule has 2 heterocycles. The summed E-state index contributed by atoms with van der Waals surface area (Å²) in [7, 11) is 0. The van der Waals surface area contributed by atoms with Crippen molar-refractivity contribution < 1.29 is 4.79 Å². The predicted molar refractivity (Wildman–Crippen MR) is 82.2 cm³/mol. The number of carbonyl (C=O) groups is 1. The minimum atomic E-state index is 0.0340. The Hall–Kier alpha value is -1.58. The van der Waals surface area contributed by atoms with E-state index in [0.29, 0.717) is 5.69 Å². The largest absolute Gasteiger partial charge is 0.371 e. The van der Waals surface area contributed by atoms with Crippen LogP contribution < -0.4 is 4.90 Å². The molecule has 1 amide bonds. The van der Waals surface area contributed by atoms with Crippen molar-refractivity contribution in [1.29, 1.82) is 0 Å². The normalized spacial score (nSPS) is 15.8. The van der Waals surface area contributed by atoms with Crippen LogP contribution in [-0.2, 0) is 0 Å². The summed E-state index contributed by atoms with van der Waals surface area (Å²) in [5.74, 6) is 0.0340. The first-order valence-electron chi connectivity index (χ1n) is 7.76. The van der Waals surface area contributed by atoms with E-state index in [-0.39, 0.29) is 5.91 Å². The molecule has 0 aliphatic carbocycles. The van der Waals surface area contributed by atoms with Crippen molar-refractivity contribution in [2.24, 2.45) is 0 Å². The molecule has 0 saturated carbocycles. The van der Waals surface area contributed by atoms with Crippen molar-refractivity contribution >= 4 is 11.6 Å². The lowest BCUT2D eigenvalue weighted by molar-refractivity contribution is 0.0767. The van der Waals surface area contributed by atoms with Crippen LogP contribution in [0.15, 0.2) is 18.3 Å². The molecular weight excluding hydrogens is 250 g/mol. The topological polar surface area (TPSA) is 36.4 Å². The Bertz CT molecular complexity index is 435. The number of hydrogen-bond donors (Lipinski definition) is 0. The summed E-state index contributed by atoms with van der Waals surface area (Å²) in [6.07, 6.45) is 6.86. The molecule has 1 aromatic heterocycles. The first kappa shape index (κ1) is 14.8. The summed E-state index contributed by atoms with van der Waals surface area (Å²) >= 11 is 0. The van der Waals surface area contributed by atoms with Crippen LogP contribution in [0.1, 0.15) is 50.0 Å².